The Morgan fingerprint density at radius 2 is 2.33 bits per heavy atom. The molecule has 0 bridgehead atoms. The van der Waals surface area contributed by atoms with E-state index in [4.69, 9.17) is 0 Å². The number of nitrogens with zero attached hydrogens (tertiary/aromatic N) is 3. The van der Waals surface area contributed by atoms with Gasteiger partial charge >= 0.3 is 0 Å². The van der Waals surface area contributed by atoms with Crippen molar-refractivity contribution in [2.45, 2.75) is 19.9 Å². The summed E-state index contributed by atoms with van der Waals surface area (Å²) in [5, 5.41) is 10.4. The van der Waals surface area contributed by atoms with E-state index in [0.29, 0.717) is 5.69 Å². The molecule has 3 heterocycles. The molecule has 1 saturated heterocycles. The predicted molar refractivity (Wildman–Crippen MR) is 83.7 cm³/mol. The molecule has 0 radical (unpaired) electrons. The molecular formula is C14H17N5OS. The Morgan fingerprint density at radius 3 is 2.90 bits per heavy atom. The number of aromatic nitrogens is 3. The van der Waals surface area contributed by atoms with E-state index in [1.54, 1.807) is 22.6 Å². The number of hydrogen-bond acceptors (Lipinski definition) is 5. The van der Waals surface area contributed by atoms with Gasteiger partial charge in [0.15, 0.2) is 5.82 Å². The Kier molecular flexibility index (Phi) is 3.94. The van der Waals surface area contributed by atoms with Crippen molar-refractivity contribution in [3.63, 3.8) is 0 Å². The van der Waals surface area contributed by atoms with Crippen LogP contribution in [0.3, 0.4) is 0 Å². The minimum atomic E-state index is -0.120. The first kappa shape index (κ1) is 14.1. The van der Waals surface area contributed by atoms with Crippen molar-refractivity contribution in [2.24, 2.45) is 0 Å². The van der Waals surface area contributed by atoms with Crippen LogP contribution in [0.1, 0.15) is 11.4 Å². The average Bonchev–Trinajstić information content (AvgIpc) is 3.09. The molecule has 7 heteroatoms. The maximum absolute atomic E-state index is 12.0. The van der Waals surface area contributed by atoms with Gasteiger partial charge in [0.25, 0.3) is 0 Å². The molecule has 2 N–H and O–H groups in total. The molecule has 0 aromatic carbocycles. The zero-order chi connectivity index (χ0) is 14.8. The van der Waals surface area contributed by atoms with E-state index in [-0.39, 0.29) is 11.9 Å². The van der Waals surface area contributed by atoms with E-state index in [0.717, 1.165) is 28.8 Å². The van der Waals surface area contributed by atoms with Gasteiger partial charge in [-0.25, -0.2) is 9.67 Å². The topological polar surface area (TPSA) is 71.8 Å². The van der Waals surface area contributed by atoms with Crippen molar-refractivity contribution in [3.8, 4) is 5.82 Å². The molecule has 1 atom stereocenters. The van der Waals surface area contributed by atoms with Gasteiger partial charge in [-0.3, -0.25) is 10.1 Å². The molecule has 3 rings (SSSR count). The third-order valence-electron chi connectivity index (χ3n) is 3.27. The Morgan fingerprint density at radius 1 is 1.48 bits per heavy atom. The number of rotatable bonds is 3. The fraction of sp³-hybridized carbons (Fsp3) is 0.357. The van der Waals surface area contributed by atoms with Gasteiger partial charge in [0.2, 0.25) is 5.91 Å². The van der Waals surface area contributed by atoms with Crippen LogP contribution in [0.15, 0.2) is 24.4 Å². The molecule has 1 aliphatic rings. The standard InChI is InChI=1S/C14H17N5OS/c1-9-5-10(2)19(18-9)13-4-3-11(6-15-13)17-14(20)12-7-21-8-16-12/h3-6,12,16H,7-8H2,1-2H3,(H,17,20). The average molecular weight is 303 g/mol. The van der Waals surface area contributed by atoms with Crippen LogP contribution in [0.4, 0.5) is 5.69 Å². The third kappa shape index (κ3) is 3.08. The minimum absolute atomic E-state index is 0.0133. The minimum Gasteiger partial charge on any atom is -0.323 e. The number of amides is 1. The van der Waals surface area contributed by atoms with Crippen LogP contribution in [0.5, 0.6) is 0 Å². The fourth-order valence-electron chi connectivity index (χ4n) is 2.24. The molecule has 2 aromatic heterocycles. The second kappa shape index (κ2) is 5.87. The van der Waals surface area contributed by atoms with Crippen LogP contribution in [0, 0.1) is 13.8 Å². The molecule has 1 aliphatic heterocycles. The normalized spacial score (nSPS) is 17.9. The predicted octanol–water partition coefficient (Wildman–Crippen LogP) is 1.49. The number of aryl methyl sites for hydroxylation is 2. The van der Waals surface area contributed by atoms with Crippen molar-refractivity contribution in [3.05, 3.63) is 35.8 Å². The number of hydrogen-bond donors (Lipinski definition) is 2. The van der Waals surface area contributed by atoms with E-state index in [2.05, 4.69) is 20.7 Å². The quantitative estimate of drug-likeness (QED) is 0.899. The van der Waals surface area contributed by atoms with Crippen LogP contribution in [0.25, 0.3) is 5.82 Å². The van der Waals surface area contributed by atoms with Crippen molar-refractivity contribution >= 4 is 23.4 Å². The number of carbonyl (C=O) groups is 1. The van der Waals surface area contributed by atoms with E-state index < -0.39 is 0 Å². The molecule has 110 valence electrons. The molecule has 6 nitrogen and oxygen atoms in total. The summed E-state index contributed by atoms with van der Waals surface area (Å²) in [6, 6.07) is 5.58. The first-order valence-electron chi connectivity index (χ1n) is 6.75. The second-order valence-corrected chi connectivity index (χ2v) is 6.04. The highest BCUT2D eigenvalue weighted by atomic mass is 32.2. The van der Waals surface area contributed by atoms with Crippen LogP contribution in [-0.4, -0.2) is 38.3 Å². The lowest BCUT2D eigenvalue weighted by Gasteiger charge is -2.10. The number of nitrogens with one attached hydrogen (secondary N) is 2. The SMILES string of the molecule is Cc1cc(C)n(-c2ccc(NC(=O)C3CSCN3)cn2)n1. The van der Waals surface area contributed by atoms with Crippen molar-refractivity contribution in [1.82, 2.24) is 20.1 Å². The number of thioether (sulfide) groups is 1. The van der Waals surface area contributed by atoms with Gasteiger partial charge in [0.05, 0.1) is 23.6 Å². The largest absolute Gasteiger partial charge is 0.323 e. The molecule has 21 heavy (non-hydrogen) atoms. The Bertz CT molecular complexity index is 646. The molecule has 0 saturated carbocycles. The maximum atomic E-state index is 12.0. The highest BCUT2D eigenvalue weighted by Crippen LogP contribution is 2.15. The van der Waals surface area contributed by atoms with Crippen LogP contribution >= 0.6 is 11.8 Å². The van der Waals surface area contributed by atoms with Crippen LogP contribution in [-0.2, 0) is 4.79 Å². The third-order valence-corrected chi connectivity index (χ3v) is 4.21. The summed E-state index contributed by atoms with van der Waals surface area (Å²) in [4.78, 5) is 16.4. The van der Waals surface area contributed by atoms with Crippen LogP contribution < -0.4 is 10.6 Å². The summed E-state index contributed by atoms with van der Waals surface area (Å²) >= 11 is 1.73. The Hall–Kier alpha value is -1.86. The summed E-state index contributed by atoms with van der Waals surface area (Å²) in [5.41, 5.74) is 2.68. The first-order chi connectivity index (χ1) is 10.1. The summed E-state index contributed by atoms with van der Waals surface area (Å²) in [6.45, 7) is 3.94. The Balaban J connectivity index is 1.72. The second-order valence-electron chi connectivity index (χ2n) is 5.01. The lowest BCUT2D eigenvalue weighted by molar-refractivity contribution is -0.117. The van der Waals surface area contributed by atoms with E-state index >= 15 is 0 Å². The van der Waals surface area contributed by atoms with Gasteiger partial charge < -0.3 is 5.32 Å². The maximum Gasteiger partial charge on any atom is 0.242 e. The lowest BCUT2D eigenvalue weighted by Crippen LogP contribution is -2.37. The zero-order valence-electron chi connectivity index (χ0n) is 12.0. The van der Waals surface area contributed by atoms with E-state index in [1.165, 1.54) is 0 Å². The van der Waals surface area contributed by atoms with Crippen molar-refractivity contribution in [1.29, 1.82) is 0 Å². The molecule has 0 spiro atoms. The molecule has 1 amide bonds. The first-order valence-corrected chi connectivity index (χ1v) is 7.90. The molecule has 1 unspecified atom stereocenters. The van der Waals surface area contributed by atoms with Gasteiger partial charge in [0, 0.05) is 17.3 Å². The number of anilines is 1. The van der Waals surface area contributed by atoms with Gasteiger partial charge in [-0.2, -0.15) is 5.10 Å². The molecule has 1 fully saturated rings. The lowest BCUT2D eigenvalue weighted by atomic mass is 10.3. The van der Waals surface area contributed by atoms with Gasteiger partial charge in [-0.05, 0) is 32.0 Å². The monoisotopic (exact) mass is 303 g/mol. The number of pyridine rings is 1. The van der Waals surface area contributed by atoms with Gasteiger partial charge in [0.1, 0.15) is 0 Å². The number of carbonyl (C=O) groups excluding carboxylic acids is 1. The van der Waals surface area contributed by atoms with Crippen molar-refractivity contribution in [2.75, 3.05) is 16.9 Å². The molecule has 2 aromatic rings. The van der Waals surface area contributed by atoms with Crippen LogP contribution in [0.2, 0.25) is 0 Å². The highest BCUT2D eigenvalue weighted by Gasteiger charge is 2.22. The smallest absolute Gasteiger partial charge is 0.242 e. The fourth-order valence-corrected chi connectivity index (χ4v) is 3.18. The van der Waals surface area contributed by atoms with E-state index in [9.17, 15) is 4.79 Å². The Labute approximate surface area is 127 Å². The summed E-state index contributed by atoms with van der Waals surface area (Å²) in [7, 11) is 0. The summed E-state index contributed by atoms with van der Waals surface area (Å²) < 4.78 is 1.79. The molecular weight excluding hydrogens is 286 g/mol. The van der Waals surface area contributed by atoms with Gasteiger partial charge in [-0.1, -0.05) is 0 Å². The highest BCUT2D eigenvalue weighted by molar-refractivity contribution is 7.99. The van der Waals surface area contributed by atoms with Crippen molar-refractivity contribution < 1.29 is 4.79 Å². The van der Waals surface area contributed by atoms with Gasteiger partial charge in [-0.15, -0.1) is 11.8 Å². The zero-order valence-corrected chi connectivity index (χ0v) is 12.8. The summed E-state index contributed by atoms with van der Waals surface area (Å²) in [5.74, 6) is 2.37. The summed E-state index contributed by atoms with van der Waals surface area (Å²) in [6.07, 6.45) is 1.66. The van der Waals surface area contributed by atoms with E-state index in [1.807, 2.05) is 32.0 Å². The molecule has 0 aliphatic carbocycles.